The van der Waals surface area contributed by atoms with Crippen LogP contribution in [0.4, 0.5) is 0 Å². The molecule has 1 fully saturated rings. The first-order valence-corrected chi connectivity index (χ1v) is 4.33. The molecule has 1 heterocycles. The minimum atomic E-state index is 0.385. The van der Waals surface area contributed by atoms with Gasteiger partial charge in [-0.1, -0.05) is 13.8 Å². The monoisotopic (exact) mass is 141 g/mol. The summed E-state index contributed by atoms with van der Waals surface area (Å²) in [6.45, 7) is 10.4. The Morgan fingerprint density at radius 2 is 1.70 bits per heavy atom. The first kappa shape index (κ1) is 8.06. The van der Waals surface area contributed by atoms with Gasteiger partial charge in [0, 0.05) is 12.1 Å². The van der Waals surface area contributed by atoms with E-state index in [9.17, 15) is 0 Å². The molecule has 0 aliphatic carbocycles. The van der Waals surface area contributed by atoms with Gasteiger partial charge in [0.15, 0.2) is 0 Å². The molecule has 1 rings (SSSR count). The Hall–Kier alpha value is -0.0400. The lowest BCUT2D eigenvalue weighted by atomic mass is 9.61. The molecular weight excluding hydrogens is 122 g/mol. The van der Waals surface area contributed by atoms with Gasteiger partial charge >= 0.3 is 0 Å². The van der Waals surface area contributed by atoms with Gasteiger partial charge in [0.2, 0.25) is 0 Å². The fourth-order valence-electron chi connectivity index (χ4n) is 2.08. The van der Waals surface area contributed by atoms with Crippen molar-refractivity contribution < 1.29 is 0 Å². The van der Waals surface area contributed by atoms with E-state index in [2.05, 4.69) is 33.0 Å². The van der Waals surface area contributed by atoms with E-state index in [0.29, 0.717) is 11.0 Å². The minimum absolute atomic E-state index is 0.385. The quantitative estimate of drug-likeness (QED) is 0.621. The van der Waals surface area contributed by atoms with Crippen LogP contribution < -0.4 is 5.32 Å². The standard InChI is InChI=1S/C9H19N/c1-5-9(6-2)7-10-8(9,3)4/h10H,5-7H2,1-4H3. The van der Waals surface area contributed by atoms with Gasteiger partial charge in [-0.3, -0.25) is 0 Å². The fraction of sp³-hybridized carbons (Fsp3) is 1.00. The highest BCUT2D eigenvalue weighted by atomic mass is 15.1. The van der Waals surface area contributed by atoms with E-state index in [4.69, 9.17) is 0 Å². The van der Waals surface area contributed by atoms with Gasteiger partial charge in [-0.2, -0.15) is 0 Å². The van der Waals surface area contributed by atoms with E-state index in [1.165, 1.54) is 19.4 Å². The van der Waals surface area contributed by atoms with Crippen LogP contribution in [0.5, 0.6) is 0 Å². The van der Waals surface area contributed by atoms with Gasteiger partial charge in [-0.05, 0) is 32.1 Å². The smallest absolute Gasteiger partial charge is 0.0193 e. The average molecular weight is 141 g/mol. The van der Waals surface area contributed by atoms with E-state index in [0.717, 1.165) is 0 Å². The second-order valence-corrected chi connectivity index (χ2v) is 3.97. The molecule has 1 saturated heterocycles. The van der Waals surface area contributed by atoms with Crippen molar-refractivity contribution in [2.45, 2.75) is 46.1 Å². The average Bonchev–Trinajstić information content (AvgIpc) is 1.89. The summed E-state index contributed by atoms with van der Waals surface area (Å²) in [5.74, 6) is 0. The number of nitrogens with one attached hydrogen (secondary N) is 1. The van der Waals surface area contributed by atoms with Gasteiger partial charge < -0.3 is 5.32 Å². The molecular formula is C9H19N. The van der Waals surface area contributed by atoms with Crippen LogP contribution in [0.25, 0.3) is 0 Å². The van der Waals surface area contributed by atoms with E-state index >= 15 is 0 Å². The van der Waals surface area contributed by atoms with Crippen molar-refractivity contribution in [3.8, 4) is 0 Å². The van der Waals surface area contributed by atoms with Crippen LogP contribution in [-0.2, 0) is 0 Å². The zero-order valence-electron chi connectivity index (χ0n) is 7.62. The molecule has 0 radical (unpaired) electrons. The summed E-state index contributed by atoms with van der Waals surface area (Å²) >= 11 is 0. The maximum atomic E-state index is 3.48. The molecule has 0 atom stereocenters. The molecule has 1 N–H and O–H groups in total. The Balaban J connectivity index is 2.67. The molecule has 10 heavy (non-hydrogen) atoms. The van der Waals surface area contributed by atoms with Crippen molar-refractivity contribution in [3.63, 3.8) is 0 Å². The van der Waals surface area contributed by atoms with Crippen molar-refractivity contribution in [2.24, 2.45) is 5.41 Å². The largest absolute Gasteiger partial charge is 0.311 e. The summed E-state index contributed by atoms with van der Waals surface area (Å²) < 4.78 is 0. The first-order chi connectivity index (χ1) is 4.58. The van der Waals surface area contributed by atoms with Crippen LogP contribution in [-0.4, -0.2) is 12.1 Å². The third-order valence-corrected chi connectivity index (χ3v) is 3.55. The molecule has 0 bridgehead atoms. The van der Waals surface area contributed by atoms with Crippen molar-refractivity contribution in [1.29, 1.82) is 0 Å². The second kappa shape index (κ2) is 2.23. The highest BCUT2D eigenvalue weighted by Gasteiger charge is 2.49. The lowest BCUT2D eigenvalue weighted by Gasteiger charge is -2.57. The lowest BCUT2D eigenvalue weighted by molar-refractivity contribution is 0.00181. The van der Waals surface area contributed by atoms with Crippen LogP contribution >= 0.6 is 0 Å². The topological polar surface area (TPSA) is 12.0 Å². The van der Waals surface area contributed by atoms with Crippen LogP contribution in [0, 0.1) is 5.41 Å². The van der Waals surface area contributed by atoms with Gasteiger partial charge in [-0.25, -0.2) is 0 Å². The predicted octanol–water partition coefficient (Wildman–Crippen LogP) is 2.17. The Labute approximate surface area is 64.2 Å². The Kier molecular flexibility index (Phi) is 1.80. The van der Waals surface area contributed by atoms with Crippen LogP contribution in [0.2, 0.25) is 0 Å². The molecule has 0 spiro atoms. The molecule has 0 aromatic heterocycles. The summed E-state index contributed by atoms with van der Waals surface area (Å²) in [5.41, 5.74) is 0.976. The number of hydrogen-bond acceptors (Lipinski definition) is 1. The molecule has 1 aliphatic rings. The van der Waals surface area contributed by atoms with Crippen molar-refractivity contribution >= 4 is 0 Å². The van der Waals surface area contributed by atoms with E-state index in [-0.39, 0.29) is 0 Å². The molecule has 0 saturated carbocycles. The summed E-state index contributed by atoms with van der Waals surface area (Å²) in [7, 11) is 0. The van der Waals surface area contributed by atoms with Crippen LogP contribution in [0.15, 0.2) is 0 Å². The highest BCUT2D eigenvalue weighted by molar-refractivity contribution is 5.07. The third-order valence-electron chi connectivity index (χ3n) is 3.55. The maximum absolute atomic E-state index is 3.48. The molecule has 0 aromatic carbocycles. The molecule has 1 heteroatoms. The highest BCUT2D eigenvalue weighted by Crippen LogP contribution is 2.44. The first-order valence-electron chi connectivity index (χ1n) is 4.33. The molecule has 1 aliphatic heterocycles. The molecule has 60 valence electrons. The molecule has 0 aromatic rings. The maximum Gasteiger partial charge on any atom is 0.0193 e. The second-order valence-electron chi connectivity index (χ2n) is 3.97. The van der Waals surface area contributed by atoms with Crippen LogP contribution in [0.1, 0.15) is 40.5 Å². The molecule has 1 nitrogen and oxygen atoms in total. The SMILES string of the molecule is CCC1(CC)CNC1(C)C. The summed E-state index contributed by atoms with van der Waals surface area (Å²) in [4.78, 5) is 0. The minimum Gasteiger partial charge on any atom is -0.311 e. The third kappa shape index (κ3) is 0.800. The zero-order chi connectivity index (χ0) is 7.83. The molecule has 0 amide bonds. The van der Waals surface area contributed by atoms with E-state index < -0.39 is 0 Å². The van der Waals surface area contributed by atoms with Crippen molar-refractivity contribution in [1.82, 2.24) is 5.32 Å². The Morgan fingerprint density at radius 3 is 1.70 bits per heavy atom. The van der Waals surface area contributed by atoms with Gasteiger partial charge in [0.05, 0.1) is 0 Å². The van der Waals surface area contributed by atoms with Crippen LogP contribution in [0.3, 0.4) is 0 Å². The summed E-state index contributed by atoms with van der Waals surface area (Å²) in [6.07, 6.45) is 2.62. The number of hydrogen-bond donors (Lipinski definition) is 1. The zero-order valence-corrected chi connectivity index (χ0v) is 7.62. The van der Waals surface area contributed by atoms with Gasteiger partial charge in [-0.15, -0.1) is 0 Å². The molecule has 0 unspecified atom stereocenters. The van der Waals surface area contributed by atoms with E-state index in [1.807, 2.05) is 0 Å². The fourth-order valence-corrected chi connectivity index (χ4v) is 2.08. The van der Waals surface area contributed by atoms with Crippen molar-refractivity contribution in [2.75, 3.05) is 6.54 Å². The number of rotatable bonds is 2. The van der Waals surface area contributed by atoms with Gasteiger partial charge in [0.1, 0.15) is 0 Å². The summed E-state index contributed by atoms with van der Waals surface area (Å²) in [6, 6.07) is 0. The predicted molar refractivity (Wildman–Crippen MR) is 45.1 cm³/mol. The normalized spacial score (nSPS) is 27.6. The lowest BCUT2D eigenvalue weighted by Crippen LogP contribution is -2.69. The van der Waals surface area contributed by atoms with E-state index in [1.54, 1.807) is 0 Å². The Bertz CT molecular complexity index is 117. The Morgan fingerprint density at radius 1 is 1.20 bits per heavy atom. The van der Waals surface area contributed by atoms with Crippen molar-refractivity contribution in [3.05, 3.63) is 0 Å². The van der Waals surface area contributed by atoms with Gasteiger partial charge in [0.25, 0.3) is 0 Å². The summed E-state index contributed by atoms with van der Waals surface area (Å²) in [5, 5.41) is 3.48.